The van der Waals surface area contributed by atoms with E-state index in [2.05, 4.69) is 180 Å². The maximum atomic E-state index is 5.19. The normalized spacial score (nSPS) is 11.6. The Morgan fingerprint density at radius 2 is 0.980 bits per heavy atom. The fourth-order valence-electron chi connectivity index (χ4n) is 7.50. The molecule has 3 aromatic heterocycles. The van der Waals surface area contributed by atoms with Crippen molar-refractivity contribution in [3.63, 3.8) is 0 Å². The van der Waals surface area contributed by atoms with E-state index in [1.807, 2.05) is 17.5 Å². The van der Waals surface area contributed by atoms with Crippen LogP contribution in [0.2, 0.25) is 0 Å². The van der Waals surface area contributed by atoms with Crippen LogP contribution in [0.3, 0.4) is 0 Å². The topological polar surface area (TPSA) is 17.8 Å². The summed E-state index contributed by atoms with van der Waals surface area (Å²) in [6.45, 7) is 0. The summed E-state index contributed by atoms with van der Waals surface area (Å²) in [5.41, 5.74) is 12.5. The van der Waals surface area contributed by atoms with Crippen LogP contribution in [0, 0.1) is 0 Å². The highest BCUT2D eigenvalue weighted by atomic mass is 32.1. The van der Waals surface area contributed by atoms with Gasteiger partial charge in [-0.25, -0.2) is 0 Å². The highest BCUT2D eigenvalue weighted by Crippen LogP contribution is 2.43. The summed E-state index contributed by atoms with van der Waals surface area (Å²) in [4.78, 5) is 5.19. The molecular weight excluding hydrogens is 625 g/mol. The van der Waals surface area contributed by atoms with Crippen LogP contribution in [0.25, 0.3) is 92.3 Å². The number of thiophene rings is 1. The number of benzene rings is 7. The quantitative estimate of drug-likeness (QED) is 0.181. The SMILES string of the molecule is c1ccc(-c2cnc(-c3ccc4c5ccc(-c6ccccc6)cc5n(-c5cccc6sc7ccccc7c56)c4c3)c(-c3ccccc3)c2)cc1. The second kappa shape index (κ2) is 11.7. The molecule has 0 aliphatic rings. The summed E-state index contributed by atoms with van der Waals surface area (Å²) in [5.74, 6) is 0. The largest absolute Gasteiger partial charge is 0.309 e. The van der Waals surface area contributed by atoms with Gasteiger partial charge in [0, 0.05) is 53.8 Å². The number of pyridine rings is 1. The molecule has 10 rings (SSSR count). The summed E-state index contributed by atoms with van der Waals surface area (Å²) in [6.07, 6.45) is 2.02. The molecule has 0 saturated carbocycles. The number of nitrogens with zero attached hydrogens (tertiary/aromatic N) is 2. The van der Waals surface area contributed by atoms with E-state index in [4.69, 9.17) is 4.98 Å². The van der Waals surface area contributed by atoms with Crippen molar-refractivity contribution in [1.82, 2.24) is 9.55 Å². The van der Waals surface area contributed by atoms with Gasteiger partial charge in [-0.15, -0.1) is 11.3 Å². The Labute approximate surface area is 294 Å². The van der Waals surface area contributed by atoms with Gasteiger partial charge in [0.25, 0.3) is 0 Å². The molecule has 0 aliphatic heterocycles. The summed E-state index contributed by atoms with van der Waals surface area (Å²) >= 11 is 1.86. The highest BCUT2D eigenvalue weighted by molar-refractivity contribution is 7.25. The van der Waals surface area contributed by atoms with E-state index in [1.165, 1.54) is 58.8 Å². The van der Waals surface area contributed by atoms with E-state index >= 15 is 0 Å². The van der Waals surface area contributed by atoms with Crippen LogP contribution >= 0.6 is 11.3 Å². The van der Waals surface area contributed by atoms with Crippen LogP contribution in [-0.2, 0) is 0 Å². The van der Waals surface area contributed by atoms with Crippen LogP contribution < -0.4 is 0 Å². The molecule has 3 heteroatoms. The predicted octanol–water partition coefficient (Wildman–Crippen LogP) is 13.2. The lowest BCUT2D eigenvalue weighted by molar-refractivity contribution is 1.20. The molecular formula is C47H30N2S. The first-order valence-corrected chi connectivity index (χ1v) is 17.8. The van der Waals surface area contributed by atoms with Crippen LogP contribution in [-0.4, -0.2) is 9.55 Å². The van der Waals surface area contributed by atoms with Crippen LogP contribution in [0.15, 0.2) is 182 Å². The molecule has 10 aromatic rings. The van der Waals surface area contributed by atoms with Gasteiger partial charge >= 0.3 is 0 Å². The number of hydrogen-bond donors (Lipinski definition) is 0. The van der Waals surface area contributed by atoms with Gasteiger partial charge in [-0.1, -0.05) is 140 Å². The van der Waals surface area contributed by atoms with Crippen molar-refractivity contribution in [3.8, 4) is 50.3 Å². The molecule has 2 nitrogen and oxygen atoms in total. The van der Waals surface area contributed by atoms with Gasteiger partial charge in [-0.2, -0.15) is 0 Å². The maximum absolute atomic E-state index is 5.19. The van der Waals surface area contributed by atoms with Crippen molar-refractivity contribution in [2.45, 2.75) is 0 Å². The monoisotopic (exact) mass is 654 g/mol. The van der Waals surface area contributed by atoms with E-state index < -0.39 is 0 Å². The molecule has 0 spiro atoms. The van der Waals surface area contributed by atoms with E-state index in [9.17, 15) is 0 Å². The molecule has 0 radical (unpaired) electrons. The number of fused-ring (bicyclic) bond motifs is 6. The molecule has 0 N–H and O–H groups in total. The molecule has 7 aromatic carbocycles. The molecule has 0 unspecified atom stereocenters. The van der Waals surface area contributed by atoms with Crippen molar-refractivity contribution in [2.75, 3.05) is 0 Å². The lowest BCUT2D eigenvalue weighted by Crippen LogP contribution is -1.96. The Morgan fingerprint density at radius 1 is 0.400 bits per heavy atom. The second-order valence-corrected chi connectivity index (χ2v) is 13.8. The minimum absolute atomic E-state index is 0.971. The zero-order chi connectivity index (χ0) is 33.0. The van der Waals surface area contributed by atoms with Gasteiger partial charge < -0.3 is 4.57 Å². The van der Waals surface area contributed by atoms with Gasteiger partial charge in [0.05, 0.1) is 22.4 Å². The van der Waals surface area contributed by atoms with Crippen molar-refractivity contribution in [1.29, 1.82) is 0 Å². The standard InChI is InChI=1S/C47H30N2S/c1-4-13-31(14-5-1)34-23-25-37-38-26-24-35(47-40(33-17-8-3-9-18-33)27-36(30-48-47)32-15-6-2-7-16-32)29-43(38)49(42(37)28-34)41-20-12-22-45-46(41)39-19-10-11-21-44(39)50-45/h1-30H. The average molecular weight is 655 g/mol. The maximum Gasteiger partial charge on any atom is 0.0781 e. The third-order valence-electron chi connectivity index (χ3n) is 9.85. The molecule has 50 heavy (non-hydrogen) atoms. The molecule has 0 amide bonds. The number of aromatic nitrogens is 2. The molecule has 234 valence electrons. The first-order chi connectivity index (χ1) is 24.8. The molecule has 0 bridgehead atoms. The summed E-state index contributed by atoms with van der Waals surface area (Å²) < 4.78 is 5.08. The van der Waals surface area contributed by atoms with Crippen molar-refractivity contribution < 1.29 is 0 Å². The lowest BCUT2D eigenvalue weighted by Gasteiger charge is -2.14. The van der Waals surface area contributed by atoms with Gasteiger partial charge in [0.1, 0.15) is 0 Å². The van der Waals surface area contributed by atoms with E-state index in [0.717, 1.165) is 33.5 Å². The molecule has 0 fully saturated rings. The fourth-order valence-corrected chi connectivity index (χ4v) is 8.63. The zero-order valence-electron chi connectivity index (χ0n) is 27.1. The Balaban J connectivity index is 1.27. The molecule has 0 saturated heterocycles. The minimum Gasteiger partial charge on any atom is -0.309 e. The molecule has 0 aliphatic carbocycles. The summed E-state index contributed by atoms with van der Waals surface area (Å²) in [7, 11) is 0. The van der Waals surface area contributed by atoms with Crippen LogP contribution in [0.1, 0.15) is 0 Å². The Kier molecular flexibility index (Phi) is 6.71. The molecule has 0 atom stereocenters. The van der Waals surface area contributed by atoms with Crippen molar-refractivity contribution in [3.05, 3.63) is 182 Å². The Bertz CT molecular complexity index is 2850. The van der Waals surface area contributed by atoms with Gasteiger partial charge in [-0.05, 0) is 58.7 Å². The lowest BCUT2D eigenvalue weighted by atomic mass is 9.95. The smallest absolute Gasteiger partial charge is 0.0781 e. The number of hydrogen-bond acceptors (Lipinski definition) is 2. The third-order valence-corrected chi connectivity index (χ3v) is 11.0. The Morgan fingerprint density at radius 3 is 1.70 bits per heavy atom. The predicted molar refractivity (Wildman–Crippen MR) is 213 cm³/mol. The van der Waals surface area contributed by atoms with E-state index in [-0.39, 0.29) is 0 Å². The van der Waals surface area contributed by atoms with E-state index in [1.54, 1.807) is 0 Å². The van der Waals surface area contributed by atoms with Gasteiger partial charge in [0.15, 0.2) is 0 Å². The summed E-state index contributed by atoms with van der Waals surface area (Å²) in [5, 5.41) is 5.04. The average Bonchev–Trinajstić information content (AvgIpc) is 3.74. The van der Waals surface area contributed by atoms with Crippen LogP contribution in [0.4, 0.5) is 0 Å². The first kappa shape index (κ1) is 28.7. The summed E-state index contributed by atoms with van der Waals surface area (Å²) in [6, 6.07) is 63.4. The van der Waals surface area contributed by atoms with Crippen molar-refractivity contribution >= 4 is 53.3 Å². The zero-order valence-corrected chi connectivity index (χ0v) is 27.9. The van der Waals surface area contributed by atoms with E-state index in [0.29, 0.717) is 0 Å². The Hall–Kier alpha value is -6.29. The first-order valence-electron chi connectivity index (χ1n) is 17.0. The second-order valence-electron chi connectivity index (χ2n) is 12.8. The highest BCUT2D eigenvalue weighted by Gasteiger charge is 2.20. The fraction of sp³-hybridized carbons (Fsp3) is 0. The number of rotatable bonds is 5. The molecule has 3 heterocycles. The van der Waals surface area contributed by atoms with Crippen molar-refractivity contribution in [2.24, 2.45) is 0 Å². The van der Waals surface area contributed by atoms with Gasteiger partial charge in [0.2, 0.25) is 0 Å². The van der Waals surface area contributed by atoms with Gasteiger partial charge in [-0.3, -0.25) is 4.98 Å². The minimum atomic E-state index is 0.971. The van der Waals surface area contributed by atoms with Crippen LogP contribution in [0.5, 0.6) is 0 Å². The third kappa shape index (κ3) is 4.67.